The summed E-state index contributed by atoms with van der Waals surface area (Å²) in [5.74, 6) is 0.883. The van der Waals surface area contributed by atoms with E-state index in [9.17, 15) is 4.79 Å². The van der Waals surface area contributed by atoms with E-state index in [4.69, 9.17) is 0 Å². The maximum absolute atomic E-state index is 12.0. The summed E-state index contributed by atoms with van der Waals surface area (Å²) in [6.45, 7) is 0.548. The van der Waals surface area contributed by atoms with E-state index in [1.807, 2.05) is 50.5 Å². The minimum Gasteiger partial charge on any atom is -0.378 e. The Morgan fingerprint density at radius 3 is 2.58 bits per heavy atom. The van der Waals surface area contributed by atoms with Gasteiger partial charge in [0, 0.05) is 39.2 Å². The van der Waals surface area contributed by atoms with Gasteiger partial charge in [-0.3, -0.25) is 4.79 Å². The van der Waals surface area contributed by atoms with Crippen molar-refractivity contribution in [3.8, 4) is 0 Å². The SMILES string of the molecule is CN(C)c1ccc(CNC(=O)CCc2nc3ccccc3[nH]2)cc1. The zero-order chi connectivity index (χ0) is 16.9. The van der Waals surface area contributed by atoms with E-state index in [1.54, 1.807) is 0 Å². The van der Waals surface area contributed by atoms with Gasteiger partial charge in [0.15, 0.2) is 0 Å². The van der Waals surface area contributed by atoms with Gasteiger partial charge in [-0.2, -0.15) is 0 Å². The van der Waals surface area contributed by atoms with Crippen molar-refractivity contribution in [3.63, 3.8) is 0 Å². The van der Waals surface area contributed by atoms with Crippen LogP contribution < -0.4 is 10.2 Å². The molecule has 124 valence electrons. The molecule has 0 saturated carbocycles. The number of fused-ring (bicyclic) bond motifs is 1. The van der Waals surface area contributed by atoms with Crippen molar-refractivity contribution in [1.29, 1.82) is 0 Å². The van der Waals surface area contributed by atoms with Crippen LogP contribution in [0.15, 0.2) is 48.5 Å². The van der Waals surface area contributed by atoms with Crippen LogP contribution in [0.25, 0.3) is 11.0 Å². The number of carbonyl (C=O) groups is 1. The van der Waals surface area contributed by atoms with Crippen LogP contribution in [0.5, 0.6) is 0 Å². The molecule has 3 aromatic rings. The molecule has 24 heavy (non-hydrogen) atoms. The molecule has 0 aliphatic carbocycles. The molecule has 1 heterocycles. The van der Waals surface area contributed by atoms with E-state index in [2.05, 4.69) is 32.3 Å². The van der Waals surface area contributed by atoms with Gasteiger partial charge in [0.05, 0.1) is 11.0 Å². The van der Waals surface area contributed by atoms with Crippen molar-refractivity contribution in [1.82, 2.24) is 15.3 Å². The van der Waals surface area contributed by atoms with Gasteiger partial charge in [-0.05, 0) is 29.8 Å². The Kier molecular flexibility index (Phi) is 4.79. The maximum atomic E-state index is 12.0. The number of imidazole rings is 1. The molecule has 1 amide bonds. The smallest absolute Gasteiger partial charge is 0.220 e. The summed E-state index contributed by atoms with van der Waals surface area (Å²) in [5, 5.41) is 2.96. The predicted octanol–water partition coefficient (Wildman–Crippen LogP) is 2.88. The summed E-state index contributed by atoms with van der Waals surface area (Å²) < 4.78 is 0. The molecule has 2 aromatic carbocycles. The molecule has 0 saturated heterocycles. The van der Waals surface area contributed by atoms with Crippen LogP contribution in [0.1, 0.15) is 17.8 Å². The number of hydrogen-bond donors (Lipinski definition) is 2. The number of carbonyl (C=O) groups excluding carboxylic acids is 1. The van der Waals surface area contributed by atoms with Crippen LogP contribution in [0, 0.1) is 0 Å². The van der Waals surface area contributed by atoms with Crippen molar-refractivity contribution in [2.75, 3.05) is 19.0 Å². The number of anilines is 1. The Balaban J connectivity index is 1.48. The second kappa shape index (κ2) is 7.17. The Morgan fingerprint density at radius 1 is 1.12 bits per heavy atom. The van der Waals surface area contributed by atoms with E-state index in [1.165, 1.54) is 0 Å². The average Bonchev–Trinajstić information content (AvgIpc) is 3.01. The first kappa shape index (κ1) is 16.1. The molecule has 0 bridgehead atoms. The van der Waals surface area contributed by atoms with Crippen LogP contribution in [0.3, 0.4) is 0 Å². The normalized spacial score (nSPS) is 10.8. The topological polar surface area (TPSA) is 61.0 Å². The molecule has 0 radical (unpaired) electrons. The van der Waals surface area contributed by atoms with E-state index in [-0.39, 0.29) is 5.91 Å². The first-order valence-corrected chi connectivity index (χ1v) is 8.08. The van der Waals surface area contributed by atoms with Crippen molar-refractivity contribution in [3.05, 3.63) is 59.9 Å². The highest BCUT2D eigenvalue weighted by Crippen LogP contribution is 2.13. The van der Waals surface area contributed by atoms with Gasteiger partial charge in [-0.25, -0.2) is 4.98 Å². The molecule has 0 fully saturated rings. The van der Waals surface area contributed by atoms with Crippen LogP contribution in [-0.2, 0) is 17.8 Å². The van der Waals surface area contributed by atoms with Gasteiger partial charge in [-0.15, -0.1) is 0 Å². The first-order valence-electron chi connectivity index (χ1n) is 8.08. The lowest BCUT2D eigenvalue weighted by Crippen LogP contribution is -2.23. The summed E-state index contributed by atoms with van der Waals surface area (Å²) in [6.07, 6.45) is 1.04. The number of aromatic nitrogens is 2. The number of aryl methyl sites for hydroxylation is 1. The predicted molar refractivity (Wildman–Crippen MR) is 97.0 cm³/mol. The van der Waals surface area contributed by atoms with E-state index < -0.39 is 0 Å². The fraction of sp³-hybridized carbons (Fsp3) is 0.263. The lowest BCUT2D eigenvalue weighted by molar-refractivity contribution is -0.121. The largest absolute Gasteiger partial charge is 0.378 e. The lowest BCUT2D eigenvalue weighted by Gasteiger charge is -2.12. The monoisotopic (exact) mass is 322 g/mol. The number of amides is 1. The first-order chi connectivity index (χ1) is 11.6. The highest BCUT2D eigenvalue weighted by molar-refractivity contribution is 5.77. The van der Waals surface area contributed by atoms with Gasteiger partial charge >= 0.3 is 0 Å². The molecule has 5 heteroatoms. The highest BCUT2D eigenvalue weighted by Gasteiger charge is 2.06. The number of rotatable bonds is 6. The molecule has 0 unspecified atom stereocenters. The molecular formula is C19H22N4O. The molecule has 0 aliphatic heterocycles. The van der Waals surface area contributed by atoms with Crippen LogP contribution in [-0.4, -0.2) is 30.0 Å². The quantitative estimate of drug-likeness (QED) is 0.733. The van der Waals surface area contributed by atoms with Crippen LogP contribution in [0.4, 0.5) is 5.69 Å². The standard InChI is InChI=1S/C19H22N4O/c1-23(2)15-9-7-14(8-10-15)13-20-19(24)12-11-18-21-16-5-3-4-6-17(16)22-18/h3-10H,11-13H2,1-2H3,(H,20,24)(H,21,22). The Bertz CT molecular complexity index is 788. The summed E-state index contributed by atoms with van der Waals surface area (Å²) in [4.78, 5) is 21.8. The van der Waals surface area contributed by atoms with Gasteiger partial charge in [0.25, 0.3) is 0 Å². The fourth-order valence-corrected chi connectivity index (χ4v) is 2.56. The zero-order valence-corrected chi connectivity index (χ0v) is 14.0. The van der Waals surface area contributed by atoms with E-state index in [0.29, 0.717) is 19.4 Å². The third-order valence-electron chi connectivity index (χ3n) is 3.97. The van der Waals surface area contributed by atoms with Gasteiger partial charge in [0.2, 0.25) is 5.91 Å². The zero-order valence-electron chi connectivity index (χ0n) is 14.0. The average molecular weight is 322 g/mol. The van der Waals surface area contributed by atoms with E-state index >= 15 is 0 Å². The summed E-state index contributed by atoms with van der Waals surface area (Å²) >= 11 is 0. The van der Waals surface area contributed by atoms with Crippen molar-refractivity contribution in [2.45, 2.75) is 19.4 Å². The minimum absolute atomic E-state index is 0.0344. The molecule has 0 spiro atoms. The fourth-order valence-electron chi connectivity index (χ4n) is 2.56. The lowest BCUT2D eigenvalue weighted by atomic mass is 10.2. The number of para-hydroxylation sites is 2. The van der Waals surface area contributed by atoms with Gasteiger partial charge in [-0.1, -0.05) is 24.3 Å². The number of H-pyrrole nitrogens is 1. The Morgan fingerprint density at radius 2 is 1.88 bits per heavy atom. The number of nitrogens with one attached hydrogen (secondary N) is 2. The minimum atomic E-state index is 0.0344. The third-order valence-corrected chi connectivity index (χ3v) is 3.97. The number of aromatic amines is 1. The number of benzene rings is 2. The second-order valence-corrected chi connectivity index (χ2v) is 6.04. The summed E-state index contributed by atoms with van der Waals surface area (Å²) in [5.41, 5.74) is 4.19. The molecular weight excluding hydrogens is 300 g/mol. The van der Waals surface area contributed by atoms with Crippen molar-refractivity contribution in [2.24, 2.45) is 0 Å². The highest BCUT2D eigenvalue weighted by atomic mass is 16.1. The molecule has 1 aromatic heterocycles. The third kappa shape index (κ3) is 3.93. The Labute approximate surface area is 141 Å². The summed E-state index contributed by atoms with van der Waals surface area (Å²) in [6, 6.07) is 16.1. The van der Waals surface area contributed by atoms with Crippen LogP contribution in [0.2, 0.25) is 0 Å². The van der Waals surface area contributed by atoms with Gasteiger partial charge < -0.3 is 15.2 Å². The second-order valence-electron chi connectivity index (χ2n) is 6.04. The molecule has 0 aliphatic rings. The molecule has 2 N–H and O–H groups in total. The molecule has 5 nitrogen and oxygen atoms in total. The van der Waals surface area contributed by atoms with Crippen molar-refractivity contribution < 1.29 is 4.79 Å². The van der Waals surface area contributed by atoms with Gasteiger partial charge in [0.1, 0.15) is 5.82 Å². The number of hydrogen-bond acceptors (Lipinski definition) is 3. The van der Waals surface area contributed by atoms with Crippen LogP contribution >= 0.6 is 0 Å². The maximum Gasteiger partial charge on any atom is 0.220 e. The molecule has 3 rings (SSSR count). The van der Waals surface area contributed by atoms with E-state index in [0.717, 1.165) is 28.1 Å². The molecule has 0 atom stereocenters. The summed E-state index contributed by atoms with van der Waals surface area (Å²) in [7, 11) is 4.02. The van der Waals surface area contributed by atoms with Crippen molar-refractivity contribution >= 4 is 22.6 Å². The Hall–Kier alpha value is -2.82. The number of nitrogens with zero attached hydrogens (tertiary/aromatic N) is 2.